The Balaban J connectivity index is 1.90. The van der Waals surface area contributed by atoms with Gasteiger partial charge >= 0.3 is 12.3 Å². The molecule has 3 rings (SSSR count). The lowest BCUT2D eigenvalue weighted by atomic mass is 9.76. The molecule has 0 aliphatic heterocycles. The van der Waals surface area contributed by atoms with E-state index in [1.165, 1.54) is 24.7 Å². The molecule has 0 aliphatic rings. The highest BCUT2D eigenvalue weighted by Crippen LogP contribution is 2.34. The third-order valence-corrected chi connectivity index (χ3v) is 7.37. The molecule has 2 amide bonds. The number of anilines is 1. The first-order chi connectivity index (χ1) is 18.8. The predicted octanol–water partition coefficient (Wildman–Crippen LogP) is 6.19. The van der Waals surface area contributed by atoms with Gasteiger partial charge in [-0.15, -0.1) is 11.3 Å². The third kappa shape index (κ3) is 7.26. The van der Waals surface area contributed by atoms with Crippen LogP contribution in [0, 0.1) is 5.41 Å². The van der Waals surface area contributed by atoms with Crippen molar-refractivity contribution in [1.29, 1.82) is 0 Å². The topological polar surface area (TPSA) is 117 Å². The Morgan fingerprint density at radius 2 is 1.80 bits per heavy atom. The van der Waals surface area contributed by atoms with Gasteiger partial charge in [0, 0.05) is 29.9 Å². The minimum absolute atomic E-state index is 0.108. The Labute approximate surface area is 234 Å². The number of rotatable bonds is 12. The van der Waals surface area contributed by atoms with Gasteiger partial charge < -0.3 is 9.67 Å². The number of halogens is 3. The highest BCUT2D eigenvalue weighted by molar-refractivity contribution is 7.13. The van der Waals surface area contributed by atoms with E-state index in [9.17, 15) is 32.7 Å². The zero-order valence-electron chi connectivity index (χ0n) is 22.6. The molecule has 216 valence electrons. The second kappa shape index (κ2) is 12.6. The van der Waals surface area contributed by atoms with E-state index in [1.807, 2.05) is 6.92 Å². The van der Waals surface area contributed by atoms with Crippen molar-refractivity contribution in [3.05, 3.63) is 53.9 Å². The molecule has 1 aromatic carbocycles. The number of benzene rings is 1. The van der Waals surface area contributed by atoms with Crippen molar-refractivity contribution in [2.45, 2.75) is 71.8 Å². The quantitative estimate of drug-likeness (QED) is 0.247. The fraction of sp³-hybridized carbons (Fsp3) is 0.444. The SMILES string of the molecule is CCCC(C)(C)[C@@H](C(=O)C(=O)Nc1nccs1)N(C(=O)O)[C@@H](CC)Cn1cnc(-c2ccc(C(F)(F)F)cc2)c1. The molecule has 0 saturated carbocycles. The Morgan fingerprint density at radius 1 is 1.12 bits per heavy atom. The third-order valence-electron chi connectivity index (χ3n) is 6.69. The van der Waals surface area contributed by atoms with Crippen molar-refractivity contribution in [2.75, 3.05) is 5.32 Å². The number of carboxylic acid groups (broad SMARTS) is 1. The maximum Gasteiger partial charge on any atom is 0.416 e. The molecule has 13 heteroatoms. The Kier molecular flexibility index (Phi) is 9.72. The zero-order valence-corrected chi connectivity index (χ0v) is 23.4. The second-order valence-electron chi connectivity index (χ2n) is 10.1. The largest absolute Gasteiger partial charge is 0.465 e. The molecule has 0 unspecified atom stereocenters. The summed E-state index contributed by atoms with van der Waals surface area (Å²) in [5, 5.41) is 14.7. The number of amides is 2. The van der Waals surface area contributed by atoms with Gasteiger partial charge in [0.05, 0.1) is 23.6 Å². The van der Waals surface area contributed by atoms with Crippen LogP contribution in [0.1, 0.15) is 52.5 Å². The maximum atomic E-state index is 13.6. The second-order valence-corrected chi connectivity index (χ2v) is 11.0. The summed E-state index contributed by atoms with van der Waals surface area (Å²) in [5.41, 5.74) is -0.778. The van der Waals surface area contributed by atoms with Crippen LogP contribution in [0.15, 0.2) is 48.4 Å². The highest BCUT2D eigenvalue weighted by atomic mass is 32.1. The zero-order chi connectivity index (χ0) is 29.7. The van der Waals surface area contributed by atoms with Crippen molar-refractivity contribution in [1.82, 2.24) is 19.4 Å². The molecule has 40 heavy (non-hydrogen) atoms. The molecule has 2 heterocycles. The normalized spacial score (nSPS) is 13.5. The number of hydrogen-bond donors (Lipinski definition) is 2. The van der Waals surface area contributed by atoms with Gasteiger partial charge in [-0.2, -0.15) is 13.2 Å². The average Bonchev–Trinajstić information content (AvgIpc) is 3.57. The standard InChI is InChI=1S/C27H32F3N5O4S/c1-5-11-26(3,4)22(21(36)23(37)33-24-31-12-13-40-24)35(25(38)39)19(6-2)14-34-15-20(32-16-34)17-7-9-18(10-8-17)27(28,29)30/h7-10,12-13,15-16,19,22H,5-6,11,14H2,1-4H3,(H,38,39)(H,31,33,37)/t19-,22+/m0/s1. The van der Waals surface area contributed by atoms with Crippen molar-refractivity contribution in [3.8, 4) is 11.3 Å². The lowest BCUT2D eigenvalue weighted by Crippen LogP contribution is -2.59. The first-order valence-corrected chi connectivity index (χ1v) is 13.6. The molecule has 0 bridgehead atoms. The van der Waals surface area contributed by atoms with Gasteiger partial charge in [-0.25, -0.2) is 14.8 Å². The smallest absolute Gasteiger partial charge is 0.416 e. The van der Waals surface area contributed by atoms with Crippen LogP contribution < -0.4 is 5.32 Å². The number of carbonyl (C=O) groups is 3. The van der Waals surface area contributed by atoms with Gasteiger partial charge in [-0.05, 0) is 30.4 Å². The molecular weight excluding hydrogens is 547 g/mol. The number of carbonyl (C=O) groups excluding carboxylic acids is 2. The molecule has 9 nitrogen and oxygen atoms in total. The summed E-state index contributed by atoms with van der Waals surface area (Å²) in [6, 6.07) is 2.58. The molecule has 3 aromatic rings. The van der Waals surface area contributed by atoms with E-state index in [0.29, 0.717) is 30.5 Å². The number of thiazole rings is 1. The summed E-state index contributed by atoms with van der Waals surface area (Å²) in [4.78, 5) is 48.5. The number of aromatic nitrogens is 3. The summed E-state index contributed by atoms with van der Waals surface area (Å²) in [7, 11) is 0. The molecule has 2 aromatic heterocycles. The van der Waals surface area contributed by atoms with Crippen molar-refractivity contribution in [2.24, 2.45) is 5.41 Å². The Bertz CT molecular complexity index is 1310. The fourth-order valence-corrected chi connectivity index (χ4v) is 5.30. The fourth-order valence-electron chi connectivity index (χ4n) is 4.78. The van der Waals surface area contributed by atoms with Crippen LogP contribution in [0.3, 0.4) is 0 Å². The molecular formula is C27H32F3N5O4S. The number of hydrogen-bond acceptors (Lipinski definition) is 6. The first kappa shape index (κ1) is 30.8. The van der Waals surface area contributed by atoms with E-state index in [4.69, 9.17) is 0 Å². The lowest BCUT2D eigenvalue weighted by Gasteiger charge is -2.43. The van der Waals surface area contributed by atoms with Gasteiger partial charge in [0.2, 0.25) is 5.78 Å². The number of imidazole rings is 1. The number of alkyl halides is 3. The van der Waals surface area contributed by atoms with E-state index in [0.717, 1.165) is 28.4 Å². The Morgan fingerprint density at radius 3 is 2.33 bits per heavy atom. The minimum Gasteiger partial charge on any atom is -0.465 e. The van der Waals surface area contributed by atoms with Crippen LogP contribution >= 0.6 is 11.3 Å². The summed E-state index contributed by atoms with van der Waals surface area (Å²) < 4.78 is 40.4. The van der Waals surface area contributed by atoms with Gasteiger partial charge in [0.1, 0.15) is 6.04 Å². The first-order valence-electron chi connectivity index (χ1n) is 12.7. The maximum absolute atomic E-state index is 13.6. The van der Waals surface area contributed by atoms with E-state index in [-0.39, 0.29) is 11.7 Å². The number of nitrogens with one attached hydrogen (secondary N) is 1. The van der Waals surface area contributed by atoms with Crippen LogP contribution in [0.2, 0.25) is 0 Å². The molecule has 0 saturated heterocycles. The van der Waals surface area contributed by atoms with Gasteiger partial charge in [0.25, 0.3) is 5.91 Å². The number of ketones is 1. The van der Waals surface area contributed by atoms with Crippen LogP contribution in [-0.2, 0) is 22.3 Å². The molecule has 0 radical (unpaired) electrons. The minimum atomic E-state index is -4.46. The van der Waals surface area contributed by atoms with Crippen molar-refractivity contribution < 1.29 is 32.7 Å². The van der Waals surface area contributed by atoms with Gasteiger partial charge in [-0.3, -0.25) is 19.8 Å². The summed E-state index contributed by atoms with van der Waals surface area (Å²) >= 11 is 1.14. The lowest BCUT2D eigenvalue weighted by molar-refractivity contribution is -0.141. The van der Waals surface area contributed by atoms with Gasteiger partial charge in [0.15, 0.2) is 5.13 Å². The number of nitrogens with zero attached hydrogens (tertiary/aromatic N) is 4. The predicted molar refractivity (Wildman–Crippen MR) is 145 cm³/mol. The van der Waals surface area contributed by atoms with Crippen LogP contribution in [0.4, 0.5) is 23.1 Å². The van der Waals surface area contributed by atoms with E-state index in [1.54, 1.807) is 36.9 Å². The molecule has 0 aliphatic carbocycles. The summed E-state index contributed by atoms with van der Waals surface area (Å²) in [6.45, 7) is 7.32. The van der Waals surface area contributed by atoms with Crippen LogP contribution in [0.5, 0.6) is 0 Å². The van der Waals surface area contributed by atoms with Crippen molar-refractivity contribution in [3.63, 3.8) is 0 Å². The highest BCUT2D eigenvalue weighted by Gasteiger charge is 2.46. The van der Waals surface area contributed by atoms with E-state index < -0.39 is 47.0 Å². The Hall–Kier alpha value is -3.74. The van der Waals surface area contributed by atoms with Crippen LogP contribution in [-0.4, -0.2) is 54.4 Å². The van der Waals surface area contributed by atoms with Gasteiger partial charge in [-0.1, -0.05) is 46.2 Å². The van der Waals surface area contributed by atoms with Crippen molar-refractivity contribution >= 4 is 34.3 Å². The summed E-state index contributed by atoms with van der Waals surface area (Å²) in [6.07, 6.45) is 0.199. The van der Waals surface area contributed by atoms with E-state index >= 15 is 0 Å². The molecule has 0 fully saturated rings. The monoisotopic (exact) mass is 579 g/mol. The molecule has 2 N–H and O–H groups in total. The molecule has 2 atom stereocenters. The molecule has 0 spiro atoms. The average molecular weight is 580 g/mol. The number of Topliss-reactive ketones (excluding diaryl/α,β-unsaturated/α-hetero) is 1. The van der Waals surface area contributed by atoms with E-state index in [2.05, 4.69) is 15.3 Å². The van der Waals surface area contributed by atoms with Crippen LogP contribution in [0.25, 0.3) is 11.3 Å². The summed E-state index contributed by atoms with van der Waals surface area (Å²) in [5.74, 6) is -1.83.